The van der Waals surface area contributed by atoms with Crippen molar-refractivity contribution in [3.63, 3.8) is 0 Å². The van der Waals surface area contributed by atoms with Gasteiger partial charge in [-0.15, -0.1) is 0 Å². The number of halogens is 2. The number of morpholine rings is 1. The van der Waals surface area contributed by atoms with E-state index in [4.69, 9.17) is 10.5 Å². The predicted octanol–water partition coefficient (Wildman–Crippen LogP) is 1.11. The molecule has 2 heterocycles. The Morgan fingerprint density at radius 2 is 1.95 bits per heavy atom. The van der Waals surface area contributed by atoms with Gasteiger partial charge in [-0.2, -0.15) is 0 Å². The van der Waals surface area contributed by atoms with Gasteiger partial charge in [0, 0.05) is 56.9 Å². The zero-order valence-electron chi connectivity index (χ0n) is 12.0. The monoisotopic (exact) mass is 297 g/mol. The Hall–Kier alpha value is -1.08. The second kappa shape index (κ2) is 6.36. The first-order chi connectivity index (χ1) is 10.2. The highest BCUT2D eigenvalue weighted by Gasteiger charge is 2.32. The Bertz CT molecular complexity index is 506. The third-order valence-corrected chi connectivity index (χ3v) is 4.39. The molecule has 2 aliphatic heterocycles. The third-order valence-electron chi connectivity index (χ3n) is 4.39. The highest BCUT2D eigenvalue weighted by Crippen LogP contribution is 2.34. The van der Waals surface area contributed by atoms with Crippen molar-refractivity contribution in [1.29, 1.82) is 0 Å². The van der Waals surface area contributed by atoms with E-state index in [0.717, 1.165) is 45.5 Å². The summed E-state index contributed by atoms with van der Waals surface area (Å²) < 4.78 is 32.6. The molecule has 116 valence electrons. The molecule has 1 atom stereocenters. The SMILES string of the molecule is NCC1c2cc(F)cc(F)c2CN1CCN1CCOCC1. The Labute approximate surface area is 123 Å². The number of hydrogen-bond donors (Lipinski definition) is 1. The van der Waals surface area contributed by atoms with Crippen LogP contribution in [0.2, 0.25) is 0 Å². The lowest BCUT2D eigenvalue weighted by Crippen LogP contribution is -2.41. The molecule has 3 rings (SSSR count). The van der Waals surface area contributed by atoms with Crippen LogP contribution < -0.4 is 5.73 Å². The van der Waals surface area contributed by atoms with Crippen LogP contribution >= 0.6 is 0 Å². The number of rotatable bonds is 4. The van der Waals surface area contributed by atoms with Crippen molar-refractivity contribution in [2.45, 2.75) is 12.6 Å². The van der Waals surface area contributed by atoms with E-state index in [-0.39, 0.29) is 6.04 Å². The van der Waals surface area contributed by atoms with Gasteiger partial charge in [0.2, 0.25) is 0 Å². The fourth-order valence-electron chi connectivity index (χ4n) is 3.20. The minimum atomic E-state index is -0.528. The van der Waals surface area contributed by atoms with Crippen molar-refractivity contribution in [2.24, 2.45) is 5.73 Å². The lowest BCUT2D eigenvalue weighted by molar-refractivity contribution is 0.0313. The van der Waals surface area contributed by atoms with Crippen LogP contribution in [0.1, 0.15) is 17.2 Å². The zero-order valence-corrected chi connectivity index (χ0v) is 12.0. The maximum Gasteiger partial charge on any atom is 0.130 e. The van der Waals surface area contributed by atoms with Crippen LogP contribution in [0.4, 0.5) is 8.78 Å². The van der Waals surface area contributed by atoms with E-state index in [1.807, 2.05) is 0 Å². The van der Waals surface area contributed by atoms with Gasteiger partial charge in [-0.25, -0.2) is 8.78 Å². The van der Waals surface area contributed by atoms with E-state index in [9.17, 15) is 8.78 Å². The van der Waals surface area contributed by atoms with Crippen LogP contribution in [-0.2, 0) is 11.3 Å². The Morgan fingerprint density at radius 1 is 1.19 bits per heavy atom. The first kappa shape index (κ1) is 14.8. The molecule has 0 saturated carbocycles. The van der Waals surface area contributed by atoms with Gasteiger partial charge in [0.15, 0.2) is 0 Å². The van der Waals surface area contributed by atoms with Crippen LogP contribution in [0, 0.1) is 11.6 Å². The van der Waals surface area contributed by atoms with E-state index < -0.39 is 11.6 Å². The molecule has 1 unspecified atom stereocenters. The van der Waals surface area contributed by atoms with Crippen molar-refractivity contribution in [3.05, 3.63) is 34.9 Å². The summed E-state index contributed by atoms with van der Waals surface area (Å²) in [5.41, 5.74) is 7.12. The molecule has 0 aromatic heterocycles. The van der Waals surface area contributed by atoms with Crippen LogP contribution in [0.25, 0.3) is 0 Å². The predicted molar refractivity (Wildman–Crippen MR) is 75.8 cm³/mol. The van der Waals surface area contributed by atoms with Gasteiger partial charge in [0.1, 0.15) is 11.6 Å². The van der Waals surface area contributed by atoms with Gasteiger partial charge in [0.25, 0.3) is 0 Å². The van der Waals surface area contributed by atoms with Gasteiger partial charge in [-0.05, 0) is 11.6 Å². The minimum absolute atomic E-state index is 0.0914. The van der Waals surface area contributed by atoms with Crippen molar-refractivity contribution >= 4 is 0 Å². The summed E-state index contributed by atoms with van der Waals surface area (Å²) in [5, 5.41) is 0. The lowest BCUT2D eigenvalue weighted by atomic mass is 10.0. The molecule has 4 nitrogen and oxygen atoms in total. The summed E-state index contributed by atoms with van der Waals surface area (Å²) in [6.07, 6.45) is 0. The fraction of sp³-hybridized carbons (Fsp3) is 0.600. The first-order valence-electron chi connectivity index (χ1n) is 7.41. The minimum Gasteiger partial charge on any atom is -0.379 e. The fourth-order valence-corrected chi connectivity index (χ4v) is 3.20. The van der Waals surface area contributed by atoms with E-state index in [0.29, 0.717) is 24.2 Å². The summed E-state index contributed by atoms with van der Waals surface area (Å²) in [4.78, 5) is 4.47. The molecule has 0 radical (unpaired) electrons. The van der Waals surface area contributed by atoms with E-state index >= 15 is 0 Å². The molecule has 1 aromatic rings. The summed E-state index contributed by atoms with van der Waals surface area (Å²) >= 11 is 0. The third kappa shape index (κ3) is 3.08. The summed E-state index contributed by atoms with van der Waals surface area (Å²) in [5.74, 6) is -0.989. The van der Waals surface area contributed by atoms with Crippen LogP contribution in [0.5, 0.6) is 0 Å². The lowest BCUT2D eigenvalue weighted by Gasteiger charge is -2.30. The van der Waals surface area contributed by atoms with Crippen molar-refractivity contribution < 1.29 is 13.5 Å². The van der Waals surface area contributed by atoms with E-state index in [1.165, 1.54) is 6.07 Å². The van der Waals surface area contributed by atoms with Crippen molar-refractivity contribution in [1.82, 2.24) is 9.80 Å². The average Bonchev–Trinajstić information content (AvgIpc) is 2.84. The summed E-state index contributed by atoms with van der Waals surface area (Å²) in [6, 6.07) is 2.29. The van der Waals surface area contributed by atoms with Gasteiger partial charge >= 0.3 is 0 Å². The molecule has 0 amide bonds. The van der Waals surface area contributed by atoms with Crippen LogP contribution in [0.3, 0.4) is 0 Å². The Balaban J connectivity index is 1.68. The largest absolute Gasteiger partial charge is 0.379 e. The average molecular weight is 297 g/mol. The smallest absolute Gasteiger partial charge is 0.130 e. The van der Waals surface area contributed by atoms with Crippen molar-refractivity contribution in [2.75, 3.05) is 45.9 Å². The molecule has 1 saturated heterocycles. The van der Waals surface area contributed by atoms with Crippen molar-refractivity contribution in [3.8, 4) is 0 Å². The molecule has 0 aliphatic carbocycles. The number of nitrogens with zero attached hydrogens (tertiary/aromatic N) is 2. The maximum absolute atomic E-state index is 13.9. The summed E-state index contributed by atoms with van der Waals surface area (Å²) in [7, 11) is 0. The Morgan fingerprint density at radius 3 is 2.67 bits per heavy atom. The highest BCUT2D eigenvalue weighted by atomic mass is 19.1. The standard InChI is InChI=1S/C15H21F2N3O/c16-11-7-12-13(14(17)8-11)10-20(15(12)9-18)2-1-19-3-5-21-6-4-19/h7-8,15H,1-6,9-10,18H2. The van der Waals surface area contributed by atoms with Gasteiger partial charge in [0.05, 0.1) is 13.2 Å². The number of benzene rings is 1. The molecular weight excluding hydrogens is 276 g/mol. The first-order valence-corrected chi connectivity index (χ1v) is 7.41. The molecule has 21 heavy (non-hydrogen) atoms. The second-order valence-corrected chi connectivity index (χ2v) is 5.63. The number of fused-ring (bicyclic) bond motifs is 1. The topological polar surface area (TPSA) is 41.7 Å². The second-order valence-electron chi connectivity index (χ2n) is 5.63. The van der Waals surface area contributed by atoms with Crippen LogP contribution in [-0.4, -0.2) is 55.7 Å². The molecule has 0 spiro atoms. The quantitative estimate of drug-likeness (QED) is 0.904. The van der Waals surface area contributed by atoms with Gasteiger partial charge in [-0.3, -0.25) is 9.80 Å². The highest BCUT2D eigenvalue weighted by molar-refractivity contribution is 5.36. The normalized spacial score (nSPS) is 23.5. The van der Waals surface area contributed by atoms with E-state index in [1.54, 1.807) is 0 Å². The van der Waals surface area contributed by atoms with Gasteiger partial charge in [-0.1, -0.05) is 0 Å². The molecule has 2 aliphatic rings. The summed E-state index contributed by atoms with van der Waals surface area (Å²) in [6.45, 7) is 5.97. The molecule has 1 fully saturated rings. The van der Waals surface area contributed by atoms with Gasteiger partial charge < -0.3 is 10.5 Å². The number of hydrogen-bond acceptors (Lipinski definition) is 4. The molecule has 2 N–H and O–H groups in total. The maximum atomic E-state index is 13.9. The molecule has 1 aromatic carbocycles. The molecule has 6 heteroatoms. The van der Waals surface area contributed by atoms with E-state index in [2.05, 4.69) is 9.80 Å². The number of ether oxygens (including phenoxy) is 1. The zero-order chi connectivity index (χ0) is 14.8. The number of nitrogens with two attached hydrogens (primary N) is 1. The Kier molecular flexibility index (Phi) is 4.49. The molecule has 0 bridgehead atoms. The molecular formula is C15H21F2N3O. The van der Waals surface area contributed by atoms with Crippen LogP contribution in [0.15, 0.2) is 12.1 Å².